The van der Waals surface area contributed by atoms with Gasteiger partial charge in [0.2, 0.25) is 0 Å². The lowest BCUT2D eigenvalue weighted by molar-refractivity contribution is 0.167. The van der Waals surface area contributed by atoms with E-state index in [9.17, 15) is 0 Å². The van der Waals surface area contributed by atoms with Crippen molar-refractivity contribution in [3.8, 4) is 0 Å². The van der Waals surface area contributed by atoms with E-state index in [2.05, 4.69) is 25.7 Å². The summed E-state index contributed by atoms with van der Waals surface area (Å²) in [6, 6.07) is 0. The van der Waals surface area contributed by atoms with Gasteiger partial charge in [-0.25, -0.2) is 0 Å². The molecule has 0 saturated carbocycles. The molecule has 0 bridgehead atoms. The van der Waals surface area contributed by atoms with Gasteiger partial charge in [0.15, 0.2) is 0 Å². The van der Waals surface area contributed by atoms with Crippen molar-refractivity contribution in [2.45, 2.75) is 33.6 Å². The molecule has 1 aliphatic heterocycles. The molecule has 1 rings (SSSR count). The van der Waals surface area contributed by atoms with E-state index < -0.39 is 0 Å². The smallest absolute Gasteiger partial charge is 0.000714 e. The fraction of sp³-hybridized carbons (Fsp3) is 1.00. The Balaban J connectivity index is 2.23. The Bertz CT molecular complexity index is 107. The van der Waals surface area contributed by atoms with Crippen molar-refractivity contribution >= 4 is 0 Å². The van der Waals surface area contributed by atoms with Crippen molar-refractivity contribution in [3.05, 3.63) is 0 Å². The first kappa shape index (κ1) is 9.05. The van der Waals surface area contributed by atoms with Crippen molar-refractivity contribution in [1.82, 2.24) is 4.90 Å². The molecule has 0 aromatic carbocycles. The SMILES string of the molecule is CC(C)CN1CCC[C@H](C)C1. The Hall–Kier alpha value is -0.0400. The third-order valence-electron chi connectivity index (χ3n) is 2.36. The highest BCUT2D eigenvalue weighted by Gasteiger charge is 2.16. The van der Waals surface area contributed by atoms with Gasteiger partial charge in [-0.2, -0.15) is 0 Å². The van der Waals surface area contributed by atoms with E-state index in [1.54, 1.807) is 0 Å². The standard InChI is InChI=1S/C10H21N/c1-9(2)7-11-6-4-5-10(3)8-11/h9-10H,4-8H2,1-3H3/t10-/m0/s1. The van der Waals surface area contributed by atoms with Crippen molar-refractivity contribution in [1.29, 1.82) is 0 Å². The first-order chi connectivity index (χ1) is 5.18. The number of nitrogens with zero attached hydrogens (tertiary/aromatic N) is 1. The van der Waals surface area contributed by atoms with Crippen LogP contribution in [0.1, 0.15) is 33.6 Å². The minimum Gasteiger partial charge on any atom is -0.303 e. The number of hydrogen-bond acceptors (Lipinski definition) is 1. The van der Waals surface area contributed by atoms with Crippen LogP contribution in [-0.4, -0.2) is 24.5 Å². The average Bonchev–Trinajstić information content (AvgIpc) is 1.85. The molecule has 1 heteroatoms. The van der Waals surface area contributed by atoms with Crippen molar-refractivity contribution < 1.29 is 0 Å². The first-order valence-electron chi connectivity index (χ1n) is 4.91. The molecule has 0 N–H and O–H groups in total. The summed E-state index contributed by atoms with van der Waals surface area (Å²) >= 11 is 0. The third kappa shape index (κ3) is 3.24. The van der Waals surface area contributed by atoms with Gasteiger partial charge < -0.3 is 4.90 Å². The van der Waals surface area contributed by atoms with E-state index in [4.69, 9.17) is 0 Å². The lowest BCUT2D eigenvalue weighted by Gasteiger charge is -2.31. The van der Waals surface area contributed by atoms with Crippen LogP contribution in [0.25, 0.3) is 0 Å². The lowest BCUT2D eigenvalue weighted by Crippen LogP contribution is -2.36. The van der Waals surface area contributed by atoms with E-state index >= 15 is 0 Å². The zero-order valence-corrected chi connectivity index (χ0v) is 8.14. The molecule has 0 amide bonds. The van der Waals surface area contributed by atoms with Crippen LogP contribution in [0.2, 0.25) is 0 Å². The van der Waals surface area contributed by atoms with Crippen LogP contribution < -0.4 is 0 Å². The summed E-state index contributed by atoms with van der Waals surface area (Å²) in [6.45, 7) is 10.9. The van der Waals surface area contributed by atoms with E-state index in [0.717, 1.165) is 11.8 Å². The predicted molar refractivity (Wildman–Crippen MR) is 49.7 cm³/mol. The second kappa shape index (κ2) is 4.10. The molecule has 1 fully saturated rings. The zero-order chi connectivity index (χ0) is 8.27. The summed E-state index contributed by atoms with van der Waals surface area (Å²) in [5.41, 5.74) is 0. The summed E-state index contributed by atoms with van der Waals surface area (Å²) < 4.78 is 0. The maximum Gasteiger partial charge on any atom is 0.000714 e. The Morgan fingerprint density at radius 1 is 1.45 bits per heavy atom. The van der Waals surface area contributed by atoms with Crippen LogP contribution >= 0.6 is 0 Å². The van der Waals surface area contributed by atoms with Gasteiger partial charge in [-0.05, 0) is 31.2 Å². The van der Waals surface area contributed by atoms with E-state index in [1.807, 2.05) is 0 Å². The molecule has 0 aromatic heterocycles. The van der Waals surface area contributed by atoms with E-state index in [-0.39, 0.29) is 0 Å². The zero-order valence-electron chi connectivity index (χ0n) is 8.14. The molecule has 66 valence electrons. The van der Waals surface area contributed by atoms with Gasteiger partial charge in [0, 0.05) is 13.1 Å². The Morgan fingerprint density at radius 2 is 2.18 bits per heavy atom. The molecule has 1 aliphatic rings. The van der Waals surface area contributed by atoms with Crippen LogP contribution in [-0.2, 0) is 0 Å². The quantitative estimate of drug-likeness (QED) is 0.592. The second-order valence-corrected chi connectivity index (χ2v) is 4.40. The second-order valence-electron chi connectivity index (χ2n) is 4.40. The third-order valence-corrected chi connectivity index (χ3v) is 2.36. The van der Waals surface area contributed by atoms with Gasteiger partial charge in [-0.3, -0.25) is 0 Å². The highest BCUT2D eigenvalue weighted by Crippen LogP contribution is 2.16. The molecule has 11 heavy (non-hydrogen) atoms. The molecule has 0 radical (unpaired) electrons. The maximum atomic E-state index is 2.61. The Morgan fingerprint density at radius 3 is 2.73 bits per heavy atom. The fourth-order valence-corrected chi connectivity index (χ4v) is 1.97. The van der Waals surface area contributed by atoms with Crippen LogP contribution in [0.4, 0.5) is 0 Å². The molecule has 0 aromatic rings. The van der Waals surface area contributed by atoms with Gasteiger partial charge in [-0.1, -0.05) is 20.8 Å². The van der Waals surface area contributed by atoms with Gasteiger partial charge in [0.1, 0.15) is 0 Å². The summed E-state index contributed by atoms with van der Waals surface area (Å²) in [4.78, 5) is 2.61. The number of likely N-dealkylation sites (tertiary alicyclic amines) is 1. The van der Waals surface area contributed by atoms with Crippen molar-refractivity contribution in [3.63, 3.8) is 0 Å². The van der Waals surface area contributed by atoms with Crippen molar-refractivity contribution in [2.75, 3.05) is 19.6 Å². The van der Waals surface area contributed by atoms with Crippen molar-refractivity contribution in [2.24, 2.45) is 11.8 Å². The minimum absolute atomic E-state index is 0.834. The molecular weight excluding hydrogens is 134 g/mol. The number of hydrogen-bond donors (Lipinski definition) is 0. The van der Waals surface area contributed by atoms with E-state index in [0.29, 0.717) is 0 Å². The van der Waals surface area contributed by atoms with Gasteiger partial charge in [0.05, 0.1) is 0 Å². The summed E-state index contributed by atoms with van der Waals surface area (Å²) in [6.07, 6.45) is 2.85. The average molecular weight is 155 g/mol. The monoisotopic (exact) mass is 155 g/mol. The predicted octanol–water partition coefficient (Wildman–Crippen LogP) is 2.37. The Labute approximate surface area is 70.8 Å². The summed E-state index contributed by atoms with van der Waals surface area (Å²) in [7, 11) is 0. The molecular formula is C10H21N. The van der Waals surface area contributed by atoms with Crippen LogP contribution in [0, 0.1) is 11.8 Å². The van der Waals surface area contributed by atoms with Gasteiger partial charge >= 0.3 is 0 Å². The molecule has 1 nitrogen and oxygen atoms in total. The molecule has 0 spiro atoms. The van der Waals surface area contributed by atoms with Crippen LogP contribution in [0.3, 0.4) is 0 Å². The highest BCUT2D eigenvalue weighted by molar-refractivity contribution is 4.70. The molecule has 0 unspecified atom stereocenters. The minimum atomic E-state index is 0.834. The normalized spacial score (nSPS) is 27.8. The lowest BCUT2D eigenvalue weighted by atomic mass is 9.99. The van der Waals surface area contributed by atoms with Crippen LogP contribution in [0.5, 0.6) is 0 Å². The van der Waals surface area contributed by atoms with Crippen LogP contribution in [0.15, 0.2) is 0 Å². The molecule has 1 saturated heterocycles. The molecule has 1 heterocycles. The Kier molecular flexibility index (Phi) is 3.38. The molecule has 0 aliphatic carbocycles. The summed E-state index contributed by atoms with van der Waals surface area (Å²) in [5.74, 6) is 1.77. The van der Waals surface area contributed by atoms with E-state index in [1.165, 1.54) is 32.5 Å². The fourth-order valence-electron chi connectivity index (χ4n) is 1.97. The maximum absolute atomic E-state index is 2.61. The number of piperidine rings is 1. The summed E-state index contributed by atoms with van der Waals surface area (Å²) in [5, 5.41) is 0. The highest BCUT2D eigenvalue weighted by atomic mass is 15.1. The number of rotatable bonds is 2. The first-order valence-corrected chi connectivity index (χ1v) is 4.91. The topological polar surface area (TPSA) is 3.24 Å². The van der Waals surface area contributed by atoms with Gasteiger partial charge in [0.25, 0.3) is 0 Å². The van der Waals surface area contributed by atoms with Gasteiger partial charge in [-0.15, -0.1) is 0 Å². The molecule has 1 atom stereocenters. The largest absolute Gasteiger partial charge is 0.303 e.